The molecule has 0 bridgehead atoms. The fraction of sp³-hybridized carbons (Fsp3) is 0.0526. The summed E-state index contributed by atoms with van der Waals surface area (Å²) in [5.74, 6) is -1.69. The number of hydrogen-bond acceptors (Lipinski definition) is 7. The molecule has 1 amide bonds. The number of rotatable bonds is 7. The molecule has 0 aliphatic carbocycles. The standard InChI is InChI=1S/C19H15N5O5S/c25-15(22-20-10-12-8-4-5-9-13(12)18(27)28)14(11-6-2-1-3-7-11)30-17-16(26)21-19(29)24-23-17/h1-10,14H,(H,22,25)(H,27,28)(H2,21,24,26,29)/b20-10-. The largest absolute Gasteiger partial charge is 0.478 e. The van der Waals surface area contributed by atoms with Gasteiger partial charge >= 0.3 is 11.7 Å². The maximum absolute atomic E-state index is 12.8. The summed E-state index contributed by atoms with van der Waals surface area (Å²) >= 11 is 0.834. The number of carboxylic acid groups (broad SMARTS) is 1. The van der Waals surface area contributed by atoms with Crippen LogP contribution in [0.25, 0.3) is 0 Å². The smallest absolute Gasteiger partial charge is 0.342 e. The zero-order valence-corrected chi connectivity index (χ0v) is 16.1. The number of thioether (sulfide) groups is 1. The van der Waals surface area contributed by atoms with Crippen LogP contribution >= 0.6 is 11.8 Å². The van der Waals surface area contributed by atoms with E-state index in [1.54, 1.807) is 48.5 Å². The third kappa shape index (κ3) is 5.08. The highest BCUT2D eigenvalue weighted by Gasteiger charge is 2.24. The molecule has 11 heteroatoms. The fourth-order valence-electron chi connectivity index (χ4n) is 2.46. The molecule has 4 N–H and O–H groups in total. The van der Waals surface area contributed by atoms with Crippen molar-refractivity contribution in [3.8, 4) is 0 Å². The van der Waals surface area contributed by atoms with Crippen LogP contribution < -0.4 is 16.7 Å². The molecule has 0 saturated carbocycles. The Morgan fingerprint density at radius 3 is 2.50 bits per heavy atom. The second-order valence-corrected chi connectivity index (χ2v) is 6.94. The van der Waals surface area contributed by atoms with Crippen LogP contribution in [0, 0.1) is 0 Å². The molecule has 152 valence electrons. The molecule has 30 heavy (non-hydrogen) atoms. The Hall–Kier alpha value is -3.99. The van der Waals surface area contributed by atoms with E-state index in [4.69, 9.17) is 0 Å². The normalized spacial score (nSPS) is 11.9. The Morgan fingerprint density at radius 1 is 1.10 bits per heavy atom. The summed E-state index contributed by atoms with van der Waals surface area (Å²) in [5.41, 5.74) is 1.79. The van der Waals surface area contributed by atoms with Gasteiger partial charge in [-0.3, -0.25) is 14.6 Å². The van der Waals surface area contributed by atoms with Crippen LogP contribution in [0.1, 0.15) is 26.7 Å². The predicted molar refractivity (Wildman–Crippen MR) is 110 cm³/mol. The lowest BCUT2D eigenvalue weighted by Crippen LogP contribution is -2.28. The van der Waals surface area contributed by atoms with Crippen molar-refractivity contribution in [2.75, 3.05) is 0 Å². The summed E-state index contributed by atoms with van der Waals surface area (Å²) in [5, 5.41) is 17.8. The van der Waals surface area contributed by atoms with Gasteiger partial charge in [0.05, 0.1) is 11.8 Å². The number of H-pyrrole nitrogens is 2. The van der Waals surface area contributed by atoms with Gasteiger partial charge in [0.1, 0.15) is 5.25 Å². The zero-order chi connectivity index (χ0) is 21.5. The maximum Gasteiger partial charge on any atom is 0.342 e. The van der Waals surface area contributed by atoms with Crippen molar-refractivity contribution in [1.29, 1.82) is 0 Å². The van der Waals surface area contributed by atoms with Gasteiger partial charge in [-0.05, 0) is 11.6 Å². The van der Waals surface area contributed by atoms with Crippen molar-refractivity contribution >= 4 is 29.9 Å². The van der Waals surface area contributed by atoms with E-state index in [0.717, 1.165) is 11.8 Å². The van der Waals surface area contributed by atoms with Crippen LogP contribution in [0.4, 0.5) is 0 Å². The van der Waals surface area contributed by atoms with Crippen molar-refractivity contribution in [3.05, 3.63) is 92.1 Å². The summed E-state index contributed by atoms with van der Waals surface area (Å²) < 4.78 is 0. The summed E-state index contributed by atoms with van der Waals surface area (Å²) in [6, 6.07) is 14.8. The van der Waals surface area contributed by atoms with Crippen molar-refractivity contribution in [1.82, 2.24) is 20.6 Å². The fourth-order valence-corrected chi connectivity index (χ4v) is 3.39. The predicted octanol–water partition coefficient (Wildman–Crippen LogP) is 1.14. The van der Waals surface area contributed by atoms with Crippen LogP contribution in [-0.4, -0.2) is 38.4 Å². The van der Waals surface area contributed by atoms with Crippen molar-refractivity contribution in [2.24, 2.45) is 5.10 Å². The minimum Gasteiger partial charge on any atom is -0.478 e. The van der Waals surface area contributed by atoms with Crippen molar-refractivity contribution < 1.29 is 14.7 Å². The van der Waals surface area contributed by atoms with Gasteiger partial charge in [-0.15, -0.1) is 0 Å². The molecule has 0 aliphatic heterocycles. The SMILES string of the molecule is O=C(O)c1ccccc1/C=N\NC(=O)C(Sc1n[nH]c(=O)[nH]c1=O)c1ccccc1. The minimum atomic E-state index is -1.12. The van der Waals surface area contributed by atoms with Gasteiger partial charge < -0.3 is 5.11 Å². The Balaban J connectivity index is 1.83. The molecule has 0 radical (unpaired) electrons. The minimum absolute atomic E-state index is 0.0356. The molecular weight excluding hydrogens is 410 g/mol. The average molecular weight is 425 g/mol. The molecular formula is C19H15N5O5S. The monoisotopic (exact) mass is 425 g/mol. The maximum atomic E-state index is 12.8. The number of carboxylic acids is 1. The number of carbonyl (C=O) groups is 2. The van der Waals surface area contributed by atoms with E-state index in [0.29, 0.717) is 11.1 Å². The summed E-state index contributed by atoms with van der Waals surface area (Å²) in [6.45, 7) is 0. The quantitative estimate of drug-likeness (QED) is 0.251. The number of nitrogens with zero attached hydrogens (tertiary/aromatic N) is 2. The number of aromatic amines is 2. The van der Waals surface area contributed by atoms with Crippen LogP contribution in [-0.2, 0) is 4.79 Å². The molecule has 0 aliphatic rings. The van der Waals surface area contributed by atoms with Crippen molar-refractivity contribution in [2.45, 2.75) is 10.3 Å². The second-order valence-electron chi connectivity index (χ2n) is 5.85. The molecule has 1 heterocycles. The van der Waals surface area contributed by atoms with Gasteiger partial charge in [0.25, 0.3) is 11.5 Å². The van der Waals surface area contributed by atoms with E-state index < -0.39 is 28.4 Å². The third-order valence-electron chi connectivity index (χ3n) is 3.82. The molecule has 3 rings (SSSR count). The first-order chi connectivity index (χ1) is 14.5. The molecule has 0 saturated heterocycles. The van der Waals surface area contributed by atoms with Gasteiger partial charge in [-0.25, -0.2) is 20.1 Å². The van der Waals surface area contributed by atoms with Gasteiger partial charge in [-0.1, -0.05) is 60.3 Å². The molecule has 10 nitrogen and oxygen atoms in total. The van der Waals surface area contributed by atoms with E-state index >= 15 is 0 Å². The highest BCUT2D eigenvalue weighted by molar-refractivity contribution is 8.00. The highest BCUT2D eigenvalue weighted by atomic mass is 32.2. The Morgan fingerprint density at radius 2 is 1.80 bits per heavy atom. The van der Waals surface area contributed by atoms with Crippen LogP contribution in [0.3, 0.4) is 0 Å². The molecule has 1 atom stereocenters. The van der Waals surface area contributed by atoms with E-state index in [1.807, 2.05) is 4.98 Å². The molecule has 0 fully saturated rings. The third-order valence-corrected chi connectivity index (χ3v) is 5.04. The molecule has 3 aromatic rings. The van der Waals surface area contributed by atoms with Gasteiger partial charge in [0.15, 0.2) is 5.03 Å². The van der Waals surface area contributed by atoms with Crippen LogP contribution in [0.15, 0.2) is 74.3 Å². The number of nitrogens with one attached hydrogen (secondary N) is 3. The number of carbonyl (C=O) groups excluding carboxylic acids is 1. The molecule has 1 unspecified atom stereocenters. The van der Waals surface area contributed by atoms with Crippen LogP contribution in [0.2, 0.25) is 0 Å². The average Bonchev–Trinajstić information content (AvgIpc) is 2.74. The number of hydrazone groups is 1. The van der Waals surface area contributed by atoms with E-state index in [2.05, 4.69) is 20.7 Å². The summed E-state index contributed by atoms with van der Waals surface area (Å²) in [7, 11) is 0. The second kappa shape index (κ2) is 9.47. The molecule has 0 spiro atoms. The highest BCUT2D eigenvalue weighted by Crippen LogP contribution is 2.32. The number of aromatic carboxylic acids is 1. The molecule has 2 aromatic carbocycles. The number of hydrogen-bond donors (Lipinski definition) is 4. The van der Waals surface area contributed by atoms with Gasteiger partial charge in [0.2, 0.25) is 0 Å². The number of aromatic nitrogens is 3. The lowest BCUT2D eigenvalue weighted by atomic mass is 10.1. The first-order valence-corrected chi connectivity index (χ1v) is 9.39. The Bertz CT molecular complexity index is 1210. The topological polar surface area (TPSA) is 157 Å². The van der Waals surface area contributed by atoms with E-state index in [9.17, 15) is 24.3 Å². The van der Waals surface area contributed by atoms with E-state index in [1.165, 1.54) is 12.3 Å². The summed E-state index contributed by atoms with van der Waals surface area (Å²) in [6.07, 6.45) is 1.22. The van der Waals surface area contributed by atoms with Gasteiger partial charge in [-0.2, -0.15) is 10.2 Å². The lowest BCUT2D eigenvalue weighted by Gasteiger charge is -2.14. The van der Waals surface area contributed by atoms with Crippen molar-refractivity contribution in [3.63, 3.8) is 0 Å². The van der Waals surface area contributed by atoms with Crippen LogP contribution in [0.5, 0.6) is 0 Å². The first-order valence-electron chi connectivity index (χ1n) is 8.51. The Kier molecular flexibility index (Phi) is 6.55. The zero-order valence-electron chi connectivity index (χ0n) is 15.2. The van der Waals surface area contributed by atoms with Gasteiger partial charge in [0, 0.05) is 5.56 Å². The van der Waals surface area contributed by atoms with E-state index in [-0.39, 0.29) is 10.6 Å². The Labute approximate surface area is 173 Å². The first kappa shape index (κ1) is 20.7. The lowest BCUT2D eigenvalue weighted by molar-refractivity contribution is -0.120. The summed E-state index contributed by atoms with van der Waals surface area (Å²) in [4.78, 5) is 49.2. The molecule has 1 aromatic heterocycles. The number of amides is 1. The number of benzene rings is 2.